The molecule has 0 bridgehead atoms. The highest BCUT2D eigenvalue weighted by Gasteiger charge is 2.29. The largest absolute Gasteiger partial charge is 0.352 e. The van der Waals surface area contributed by atoms with Crippen LogP contribution >= 0.6 is 11.6 Å². The third-order valence-electron chi connectivity index (χ3n) is 5.59. The first-order valence-corrected chi connectivity index (χ1v) is 13.5. The van der Waals surface area contributed by atoms with Gasteiger partial charge in [-0.1, -0.05) is 54.8 Å². The van der Waals surface area contributed by atoms with Gasteiger partial charge in [0.25, 0.3) is 15.9 Å². The number of nitrogens with one attached hydrogen (secondary N) is 2. The van der Waals surface area contributed by atoms with Gasteiger partial charge in [0.15, 0.2) is 0 Å². The van der Waals surface area contributed by atoms with Crippen LogP contribution in [-0.2, 0) is 14.8 Å². The number of hydrogen-bond acceptors (Lipinski definition) is 4. The number of hydrogen-bond donors (Lipinski definition) is 2. The molecule has 7 nitrogen and oxygen atoms in total. The van der Waals surface area contributed by atoms with E-state index in [9.17, 15) is 18.0 Å². The smallest absolute Gasteiger partial charge is 0.264 e. The Hall–Kier alpha value is -3.36. The maximum atomic E-state index is 13.6. The van der Waals surface area contributed by atoms with Crippen LogP contribution in [0.5, 0.6) is 0 Å². The molecule has 0 heterocycles. The van der Waals surface area contributed by atoms with Crippen molar-refractivity contribution in [2.45, 2.75) is 38.5 Å². The number of benzene rings is 3. The lowest BCUT2D eigenvalue weighted by atomic mass is 10.1. The summed E-state index contributed by atoms with van der Waals surface area (Å²) in [5.41, 5.74) is 2.45. The predicted molar refractivity (Wildman–Crippen MR) is 144 cm³/mol. The second-order valence-corrected chi connectivity index (χ2v) is 10.8. The molecule has 0 aliphatic carbocycles. The van der Waals surface area contributed by atoms with E-state index in [4.69, 9.17) is 11.6 Å². The van der Waals surface area contributed by atoms with E-state index < -0.39 is 22.5 Å². The van der Waals surface area contributed by atoms with Crippen molar-refractivity contribution in [1.82, 2.24) is 5.32 Å². The molecule has 3 aromatic rings. The monoisotopic (exact) mass is 527 g/mol. The second kappa shape index (κ2) is 12.1. The second-order valence-electron chi connectivity index (χ2n) is 8.46. The van der Waals surface area contributed by atoms with Crippen LogP contribution in [0.25, 0.3) is 0 Å². The minimum Gasteiger partial charge on any atom is -0.352 e. The van der Waals surface area contributed by atoms with Crippen molar-refractivity contribution in [2.75, 3.05) is 22.7 Å². The number of carbonyl (C=O) groups is 2. The van der Waals surface area contributed by atoms with E-state index >= 15 is 0 Å². The van der Waals surface area contributed by atoms with Crippen molar-refractivity contribution in [3.63, 3.8) is 0 Å². The summed E-state index contributed by atoms with van der Waals surface area (Å²) in [6, 6.07) is 17.8. The Morgan fingerprint density at radius 1 is 0.972 bits per heavy atom. The maximum Gasteiger partial charge on any atom is 0.264 e. The van der Waals surface area contributed by atoms with Gasteiger partial charge in [0.2, 0.25) is 5.91 Å². The van der Waals surface area contributed by atoms with Gasteiger partial charge in [-0.05, 0) is 68.3 Å². The van der Waals surface area contributed by atoms with Crippen molar-refractivity contribution in [3.8, 4) is 0 Å². The summed E-state index contributed by atoms with van der Waals surface area (Å²) in [7, 11) is -4.08. The zero-order valence-corrected chi connectivity index (χ0v) is 22.1. The number of amides is 2. The van der Waals surface area contributed by atoms with Crippen molar-refractivity contribution in [3.05, 3.63) is 88.4 Å². The number of rotatable bonds is 10. The van der Waals surface area contributed by atoms with Crippen LogP contribution < -0.4 is 14.9 Å². The molecular weight excluding hydrogens is 498 g/mol. The lowest BCUT2D eigenvalue weighted by Crippen LogP contribution is -2.39. The molecule has 2 amide bonds. The van der Waals surface area contributed by atoms with Crippen LogP contribution in [0.1, 0.15) is 41.3 Å². The summed E-state index contributed by atoms with van der Waals surface area (Å²) in [6.45, 7) is 5.65. The molecule has 0 aliphatic heterocycles. The van der Waals surface area contributed by atoms with Crippen molar-refractivity contribution >= 4 is 44.8 Å². The quantitative estimate of drug-likeness (QED) is 0.349. The Bertz CT molecular complexity index is 1340. The van der Waals surface area contributed by atoms with Crippen LogP contribution in [0, 0.1) is 13.8 Å². The molecular formula is C27H30ClN3O4S. The van der Waals surface area contributed by atoms with E-state index in [1.165, 1.54) is 12.1 Å². The Morgan fingerprint density at radius 3 is 2.33 bits per heavy atom. The summed E-state index contributed by atoms with van der Waals surface area (Å²) in [5, 5.41) is 6.00. The molecule has 2 N–H and O–H groups in total. The first-order chi connectivity index (χ1) is 17.1. The fourth-order valence-corrected chi connectivity index (χ4v) is 5.33. The van der Waals surface area contributed by atoms with Crippen molar-refractivity contribution < 1.29 is 18.0 Å². The molecule has 3 rings (SSSR count). The van der Waals surface area contributed by atoms with Gasteiger partial charge >= 0.3 is 0 Å². The molecule has 0 atom stereocenters. The van der Waals surface area contributed by atoms with E-state index in [2.05, 4.69) is 10.6 Å². The number of para-hydroxylation sites is 1. The third-order valence-corrected chi connectivity index (χ3v) is 7.59. The van der Waals surface area contributed by atoms with Gasteiger partial charge in [0, 0.05) is 11.6 Å². The molecule has 0 spiro atoms. The molecule has 190 valence electrons. The molecule has 0 unspecified atom stereocenters. The van der Waals surface area contributed by atoms with E-state index in [0.717, 1.165) is 22.7 Å². The average molecular weight is 528 g/mol. The van der Waals surface area contributed by atoms with Gasteiger partial charge in [0.05, 0.1) is 21.8 Å². The Morgan fingerprint density at radius 2 is 1.67 bits per heavy atom. The number of unbranched alkanes of at least 4 members (excludes halogenated alkanes) is 1. The van der Waals surface area contributed by atoms with Gasteiger partial charge in [-0.2, -0.15) is 0 Å². The highest BCUT2D eigenvalue weighted by atomic mass is 35.5. The van der Waals surface area contributed by atoms with Gasteiger partial charge in [-0.3, -0.25) is 13.9 Å². The summed E-state index contributed by atoms with van der Waals surface area (Å²) >= 11 is 6.09. The van der Waals surface area contributed by atoms with Crippen LogP contribution in [0.15, 0.2) is 71.6 Å². The van der Waals surface area contributed by atoms with Crippen LogP contribution in [0.2, 0.25) is 5.02 Å². The number of aryl methyl sites for hydroxylation is 2. The molecule has 0 aromatic heterocycles. The van der Waals surface area contributed by atoms with Crippen LogP contribution in [-0.4, -0.2) is 33.3 Å². The van der Waals surface area contributed by atoms with Gasteiger partial charge < -0.3 is 10.6 Å². The molecule has 0 aliphatic rings. The minimum absolute atomic E-state index is 0.0611. The molecule has 0 saturated carbocycles. The average Bonchev–Trinajstić information content (AvgIpc) is 2.83. The van der Waals surface area contributed by atoms with E-state index in [1.54, 1.807) is 61.5 Å². The lowest BCUT2D eigenvalue weighted by molar-refractivity contribution is -0.114. The predicted octanol–water partition coefficient (Wildman–Crippen LogP) is 5.32. The topological polar surface area (TPSA) is 95.6 Å². The van der Waals surface area contributed by atoms with Crippen LogP contribution in [0.3, 0.4) is 0 Å². The molecule has 36 heavy (non-hydrogen) atoms. The van der Waals surface area contributed by atoms with E-state index in [-0.39, 0.29) is 10.8 Å². The first kappa shape index (κ1) is 27.2. The molecule has 0 fully saturated rings. The standard InChI is InChI=1S/C27H30ClN3O4S/c1-4-5-16-29-27(33)23-8-6-7-9-24(23)30-26(32)18-31(25-15-12-21(28)17-20(25)3)36(34,35)22-13-10-19(2)11-14-22/h6-15,17H,4-5,16,18H2,1-3H3,(H,29,33)(H,30,32). The number of anilines is 2. The Labute approximate surface area is 217 Å². The lowest BCUT2D eigenvalue weighted by Gasteiger charge is -2.26. The number of halogens is 1. The number of nitrogens with zero attached hydrogens (tertiary/aromatic N) is 1. The minimum atomic E-state index is -4.08. The fourth-order valence-electron chi connectivity index (χ4n) is 3.62. The highest BCUT2D eigenvalue weighted by molar-refractivity contribution is 7.92. The summed E-state index contributed by atoms with van der Waals surface area (Å²) in [4.78, 5) is 25.9. The molecule has 0 radical (unpaired) electrons. The van der Waals surface area contributed by atoms with Crippen molar-refractivity contribution in [1.29, 1.82) is 0 Å². The zero-order valence-electron chi connectivity index (χ0n) is 20.5. The Balaban J connectivity index is 1.92. The Kier molecular flexibility index (Phi) is 9.12. The first-order valence-electron chi connectivity index (χ1n) is 11.7. The molecule has 9 heteroatoms. The van der Waals surface area contributed by atoms with Gasteiger partial charge in [0.1, 0.15) is 6.54 Å². The summed E-state index contributed by atoms with van der Waals surface area (Å²) in [6.07, 6.45) is 1.78. The van der Waals surface area contributed by atoms with Gasteiger partial charge in [-0.15, -0.1) is 0 Å². The zero-order chi connectivity index (χ0) is 26.3. The maximum absolute atomic E-state index is 13.6. The number of carbonyl (C=O) groups excluding carboxylic acids is 2. The highest BCUT2D eigenvalue weighted by Crippen LogP contribution is 2.29. The fraction of sp³-hybridized carbons (Fsp3) is 0.259. The van der Waals surface area contributed by atoms with E-state index in [1.807, 2.05) is 13.8 Å². The summed E-state index contributed by atoms with van der Waals surface area (Å²) in [5.74, 6) is -0.897. The SMILES string of the molecule is CCCCNC(=O)c1ccccc1NC(=O)CN(c1ccc(Cl)cc1C)S(=O)(=O)c1ccc(C)cc1. The molecule has 0 saturated heterocycles. The normalized spacial score (nSPS) is 11.1. The third kappa shape index (κ3) is 6.65. The van der Waals surface area contributed by atoms with Crippen molar-refractivity contribution in [2.24, 2.45) is 0 Å². The van der Waals surface area contributed by atoms with E-state index in [0.29, 0.717) is 34.1 Å². The van der Waals surface area contributed by atoms with Gasteiger partial charge in [-0.25, -0.2) is 8.42 Å². The van der Waals surface area contributed by atoms with Crippen LogP contribution in [0.4, 0.5) is 11.4 Å². The molecule has 3 aromatic carbocycles. The summed E-state index contributed by atoms with van der Waals surface area (Å²) < 4.78 is 28.3. The number of sulfonamides is 1.